The molecule has 10 heteroatoms. The van der Waals surface area contributed by atoms with E-state index in [-0.39, 0.29) is 24.3 Å². The Morgan fingerprint density at radius 2 is 1.77 bits per heavy atom. The predicted molar refractivity (Wildman–Crippen MR) is 147 cm³/mol. The van der Waals surface area contributed by atoms with Crippen molar-refractivity contribution in [2.45, 2.75) is 31.8 Å². The predicted octanol–water partition coefficient (Wildman–Crippen LogP) is 3.46. The molecule has 10 nitrogen and oxygen atoms in total. The zero-order chi connectivity index (χ0) is 28.4. The maximum absolute atomic E-state index is 13.1. The lowest BCUT2D eigenvalue weighted by molar-refractivity contribution is -0.140. The Morgan fingerprint density at radius 1 is 1.05 bits per heavy atom. The molecule has 2 N–H and O–H groups in total. The zero-order valence-electron chi connectivity index (χ0n) is 22.5. The molecular formula is C30H30N2O8. The van der Waals surface area contributed by atoms with Crippen LogP contribution in [0.25, 0.3) is 10.9 Å². The number of pyridine rings is 1. The molecule has 0 radical (unpaired) electrons. The van der Waals surface area contributed by atoms with E-state index in [4.69, 9.17) is 18.6 Å². The van der Waals surface area contributed by atoms with Gasteiger partial charge in [-0.2, -0.15) is 0 Å². The van der Waals surface area contributed by atoms with Crippen LogP contribution in [-0.2, 0) is 29.0 Å². The van der Waals surface area contributed by atoms with E-state index in [0.717, 1.165) is 22.9 Å². The fraction of sp³-hybridized carbons (Fsp3) is 0.300. The van der Waals surface area contributed by atoms with Crippen LogP contribution < -0.4 is 20.5 Å². The molecule has 1 aliphatic heterocycles. The van der Waals surface area contributed by atoms with E-state index in [1.54, 1.807) is 32.4 Å². The maximum atomic E-state index is 13.1. The van der Waals surface area contributed by atoms with Gasteiger partial charge in [-0.05, 0) is 47.2 Å². The van der Waals surface area contributed by atoms with Crippen molar-refractivity contribution in [3.8, 4) is 17.2 Å². The van der Waals surface area contributed by atoms with E-state index in [2.05, 4.69) is 9.88 Å². The number of methoxy groups -OCH3 is 3. The van der Waals surface area contributed by atoms with Gasteiger partial charge in [-0.15, -0.1) is 0 Å². The number of fused-ring (bicyclic) bond motifs is 2. The number of H-pyrrole nitrogens is 1. The molecule has 0 fully saturated rings. The SMILES string of the molecule is COC(=O)C[C@@H](c1oc(CN2CCc3cc(OC)c(OC)cc3C2)cc(=O)c1O)c1cc2ccccc2[nH]c1=O. The number of rotatable bonds is 8. The lowest BCUT2D eigenvalue weighted by Gasteiger charge is -2.29. The summed E-state index contributed by atoms with van der Waals surface area (Å²) in [5.74, 6) is -0.872. The Hall–Kier alpha value is -4.57. The van der Waals surface area contributed by atoms with E-state index in [9.17, 15) is 19.5 Å². The Bertz CT molecular complexity index is 1690. The molecule has 0 unspecified atom stereocenters. The molecular weight excluding hydrogens is 516 g/mol. The van der Waals surface area contributed by atoms with Gasteiger partial charge in [0.25, 0.3) is 5.56 Å². The minimum Gasteiger partial charge on any atom is -0.502 e. The first kappa shape index (κ1) is 27.0. The summed E-state index contributed by atoms with van der Waals surface area (Å²) < 4.78 is 21.8. The summed E-state index contributed by atoms with van der Waals surface area (Å²) in [5, 5.41) is 11.5. The first-order valence-electron chi connectivity index (χ1n) is 12.8. The molecule has 0 amide bonds. The highest BCUT2D eigenvalue weighted by molar-refractivity contribution is 5.79. The fourth-order valence-electron chi connectivity index (χ4n) is 5.18. The first-order chi connectivity index (χ1) is 19.3. The molecule has 0 saturated heterocycles. The van der Waals surface area contributed by atoms with E-state index in [0.29, 0.717) is 35.9 Å². The highest BCUT2D eigenvalue weighted by atomic mass is 16.5. The highest BCUT2D eigenvalue weighted by Crippen LogP contribution is 2.35. The molecule has 0 aliphatic carbocycles. The molecule has 208 valence electrons. The third kappa shape index (κ3) is 5.30. The molecule has 40 heavy (non-hydrogen) atoms. The lowest BCUT2D eigenvalue weighted by Crippen LogP contribution is -2.30. The minimum atomic E-state index is -1.05. The number of carbonyl (C=O) groups is 1. The van der Waals surface area contributed by atoms with Gasteiger partial charge in [0, 0.05) is 30.2 Å². The van der Waals surface area contributed by atoms with Gasteiger partial charge in [-0.3, -0.25) is 19.3 Å². The average molecular weight is 547 g/mol. The number of hydrogen-bond acceptors (Lipinski definition) is 9. The topological polar surface area (TPSA) is 131 Å². The number of para-hydroxylation sites is 1. The zero-order valence-corrected chi connectivity index (χ0v) is 22.5. The van der Waals surface area contributed by atoms with Gasteiger partial charge in [0.05, 0.1) is 40.2 Å². The van der Waals surface area contributed by atoms with Crippen molar-refractivity contribution in [2.75, 3.05) is 27.9 Å². The quantitative estimate of drug-likeness (QED) is 0.319. The average Bonchev–Trinajstić information content (AvgIpc) is 2.96. The molecule has 5 rings (SSSR count). The summed E-state index contributed by atoms with van der Waals surface area (Å²) in [6.07, 6.45) is 0.443. The van der Waals surface area contributed by atoms with Gasteiger partial charge in [-0.1, -0.05) is 18.2 Å². The number of ether oxygens (including phenoxy) is 3. The Balaban J connectivity index is 1.51. The molecule has 0 bridgehead atoms. The van der Waals surface area contributed by atoms with E-state index >= 15 is 0 Å². The maximum Gasteiger partial charge on any atom is 0.306 e. The molecule has 0 spiro atoms. The minimum absolute atomic E-state index is 0.155. The monoisotopic (exact) mass is 546 g/mol. The molecule has 2 aromatic carbocycles. The number of aromatic amines is 1. The van der Waals surface area contributed by atoms with Crippen LogP contribution >= 0.6 is 0 Å². The summed E-state index contributed by atoms with van der Waals surface area (Å²) in [4.78, 5) is 43.3. The van der Waals surface area contributed by atoms with Crippen LogP contribution in [-0.4, -0.2) is 48.8 Å². The molecule has 4 aromatic rings. The van der Waals surface area contributed by atoms with Crippen LogP contribution in [0.4, 0.5) is 0 Å². The molecule has 3 heterocycles. The van der Waals surface area contributed by atoms with Crippen molar-refractivity contribution in [3.63, 3.8) is 0 Å². The van der Waals surface area contributed by atoms with Crippen molar-refractivity contribution in [1.82, 2.24) is 9.88 Å². The summed E-state index contributed by atoms with van der Waals surface area (Å²) in [5.41, 5.74) is 1.89. The third-order valence-electron chi connectivity index (χ3n) is 7.25. The van der Waals surface area contributed by atoms with Crippen LogP contribution in [0.2, 0.25) is 0 Å². The number of aromatic hydroxyl groups is 1. The van der Waals surface area contributed by atoms with Crippen LogP contribution in [0, 0.1) is 0 Å². The van der Waals surface area contributed by atoms with Gasteiger partial charge in [0.1, 0.15) is 5.76 Å². The standard InChI is InChI=1S/C30H30N2O8/c1-37-25-11-17-8-9-32(15-19(17)12-26(25)38-2)16-20-13-24(33)28(35)29(40-20)21(14-27(34)39-3)22-10-18-6-4-5-7-23(18)31-30(22)36/h4-7,10-13,21,35H,8-9,14-16H2,1-3H3,(H,31,36)/t21-/m1/s1. The van der Waals surface area contributed by atoms with Crippen molar-refractivity contribution in [3.05, 3.63) is 97.3 Å². The normalized spacial score (nSPS) is 14.0. The van der Waals surface area contributed by atoms with Gasteiger partial charge in [0.2, 0.25) is 11.2 Å². The fourth-order valence-corrected chi connectivity index (χ4v) is 5.18. The Labute approximate surface area is 229 Å². The number of esters is 1. The van der Waals surface area contributed by atoms with Crippen molar-refractivity contribution >= 4 is 16.9 Å². The third-order valence-corrected chi connectivity index (χ3v) is 7.25. The lowest BCUT2D eigenvalue weighted by atomic mass is 9.92. The van der Waals surface area contributed by atoms with Crippen molar-refractivity contribution < 1.29 is 28.5 Å². The molecule has 1 atom stereocenters. The molecule has 0 saturated carbocycles. The van der Waals surface area contributed by atoms with Crippen LogP contribution in [0.5, 0.6) is 17.2 Å². The van der Waals surface area contributed by atoms with Gasteiger partial charge < -0.3 is 28.7 Å². The van der Waals surface area contributed by atoms with Crippen LogP contribution in [0.1, 0.15) is 40.5 Å². The van der Waals surface area contributed by atoms with Gasteiger partial charge >= 0.3 is 5.97 Å². The second kappa shape index (κ2) is 11.3. The summed E-state index contributed by atoms with van der Waals surface area (Å²) in [7, 11) is 4.42. The Kier molecular flexibility index (Phi) is 7.61. The number of nitrogens with one attached hydrogen (secondary N) is 1. The smallest absolute Gasteiger partial charge is 0.306 e. The van der Waals surface area contributed by atoms with Crippen molar-refractivity contribution in [2.24, 2.45) is 0 Å². The van der Waals surface area contributed by atoms with E-state index in [1.165, 1.54) is 13.2 Å². The van der Waals surface area contributed by atoms with E-state index < -0.39 is 28.6 Å². The summed E-state index contributed by atoms with van der Waals surface area (Å²) >= 11 is 0. The number of aromatic nitrogens is 1. The first-order valence-corrected chi connectivity index (χ1v) is 12.8. The second-order valence-corrected chi connectivity index (χ2v) is 9.70. The van der Waals surface area contributed by atoms with Crippen molar-refractivity contribution in [1.29, 1.82) is 0 Å². The van der Waals surface area contributed by atoms with Gasteiger partial charge in [0.15, 0.2) is 17.3 Å². The van der Waals surface area contributed by atoms with E-state index in [1.807, 2.05) is 24.3 Å². The number of hydrogen-bond donors (Lipinski definition) is 2. The number of benzene rings is 2. The molecule has 2 aromatic heterocycles. The van der Waals surface area contributed by atoms with Gasteiger partial charge in [-0.25, -0.2) is 0 Å². The Morgan fingerprint density at radius 3 is 2.50 bits per heavy atom. The summed E-state index contributed by atoms with van der Waals surface area (Å²) in [6.45, 7) is 1.54. The second-order valence-electron chi connectivity index (χ2n) is 9.70. The summed E-state index contributed by atoms with van der Waals surface area (Å²) in [6, 6.07) is 14.0. The number of nitrogens with zero attached hydrogens (tertiary/aromatic N) is 1. The number of carbonyl (C=O) groups excluding carboxylic acids is 1. The van der Waals surface area contributed by atoms with Crippen LogP contribution in [0.15, 0.2) is 62.5 Å². The molecule has 1 aliphatic rings. The van der Waals surface area contributed by atoms with Crippen LogP contribution in [0.3, 0.4) is 0 Å². The highest BCUT2D eigenvalue weighted by Gasteiger charge is 2.29. The largest absolute Gasteiger partial charge is 0.502 e.